The van der Waals surface area contributed by atoms with Gasteiger partial charge in [-0.15, -0.1) is 0 Å². The van der Waals surface area contributed by atoms with Gasteiger partial charge < -0.3 is 14.2 Å². The number of imidazole rings is 1. The van der Waals surface area contributed by atoms with Crippen LogP contribution in [0, 0.1) is 11.8 Å². The SMILES string of the molecule is CCOC(=O)C1CCCN(C(=O)c2ccc3c(c2)nc(C(C)(C)C)n3CC2CCC(F)(F)CC2)C1. The molecule has 2 fully saturated rings. The van der Waals surface area contributed by atoms with Gasteiger partial charge in [-0.3, -0.25) is 9.59 Å². The van der Waals surface area contributed by atoms with Crippen LogP contribution in [0.3, 0.4) is 0 Å². The Hall–Kier alpha value is -2.51. The van der Waals surface area contributed by atoms with Gasteiger partial charge in [0.05, 0.1) is 23.6 Å². The minimum Gasteiger partial charge on any atom is -0.466 e. The molecular formula is C27H37F2N3O3. The lowest BCUT2D eigenvalue weighted by Crippen LogP contribution is -2.42. The monoisotopic (exact) mass is 489 g/mol. The van der Waals surface area contributed by atoms with E-state index in [0.29, 0.717) is 44.6 Å². The molecule has 1 unspecified atom stereocenters. The molecule has 1 aliphatic carbocycles. The van der Waals surface area contributed by atoms with E-state index in [-0.39, 0.29) is 42.0 Å². The van der Waals surface area contributed by atoms with Crippen molar-refractivity contribution in [3.8, 4) is 0 Å². The third-order valence-electron chi connectivity index (χ3n) is 7.27. The number of esters is 1. The van der Waals surface area contributed by atoms with Crippen LogP contribution in [-0.2, 0) is 21.5 Å². The summed E-state index contributed by atoms with van der Waals surface area (Å²) in [6.07, 6.45) is 2.38. The highest BCUT2D eigenvalue weighted by atomic mass is 19.3. The maximum Gasteiger partial charge on any atom is 0.310 e. The molecule has 4 rings (SSSR count). The van der Waals surface area contributed by atoms with Gasteiger partial charge in [0.15, 0.2) is 0 Å². The first-order valence-electron chi connectivity index (χ1n) is 12.8. The Morgan fingerprint density at radius 2 is 1.89 bits per heavy atom. The minimum atomic E-state index is -2.55. The molecule has 35 heavy (non-hydrogen) atoms. The maximum absolute atomic E-state index is 13.7. The number of aromatic nitrogens is 2. The van der Waals surface area contributed by atoms with E-state index in [1.54, 1.807) is 11.8 Å². The summed E-state index contributed by atoms with van der Waals surface area (Å²) in [4.78, 5) is 32.1. The van der Waals surface area contributed by atoms with E-state index >= 15 is 0 Å². The maximum atomic E-state index is 13.7. The third-order valence-corrected chi connectivity index (χ3v) is 7.27. The van der Waals surface area contributed by atoms with Crippen molar-refractivity contribution in [1.29, 1.82) is 0 Å². The summed E-state index contributed by atoms with van der Waals surface area (Å²) in [6.45, 7) is 10.0. The van der Waals surface area contributed by atoms with E-state index in [1.807, 2.05) is 18.2 Å². The van der Waals surface area contributed by atoms with E-state index < -0.39 is 5.92 Å². The summed E-state index contributed by atoms with van der Waals surface area (Å²) in [5.74, 6) is -2.10. The Balaban J connectivity index is 1.58. The van der Waals surface area contributed by atoms with Crippen LogP contribution in [0.4, 0.5) is 8.78 Å². The Morgan fingerprint density at radius 1 is 1.17 bits per heavy atom. The number of nitrogens with zero attached hydrogens (tertiary/aromatic N) is 3. The van der Waals surface area contributed by atoms with Crippen LogP contribution in [0.5, 0.6) is 0 Å². The zero-order valence-electron chi connectivity index (χ0n) is 21.3. The normalized spacial score (nSPS) is 21.3. The summed E-state index contributed by atoms with van der Waals surface area (Å²) in [7, 11) is 0. The van der Waals surface area contributed by atoms with E-state index in [1.165, 1.54) is 0 Å². The molecule has 6 nitrogen and oxygen atoms in total. The summed E-state index contributed by atoms with van der Waals surface area (Å²) < 4.78 is 34.7. The fraction of sp³-hybridized carbons (Fsp3) is 0.667. The summed E-state index contributed by atoms with van der Waals surface area (Å²) in [6, 6.07) is 5.57. The summed E-state index contributed by atoms with van der Waals surface area (Å²) in [5, 5.41) is 0. The van der Waals surface area contributed by atoms with Crippen molar-refractivity contribution in [2.45, 2.75) is 84.1 Å². The number of ether oxygens (including phenoxy) is 1. The highest BCUT2D eigenvalue weighted by Gasteiger charge is 2.36. The van der Waals surface area contributed by atoms with Gasteiger partial charge in [-0.1, -0.05) is 20.8 Å². The first-order chi connectivity index (χ1) is 16.5. The number of likely N-dealkylation sites (tertiary alicyclic amines) is 1. The predicted molar refractivity (Wildman–Crippen MR) is 131 cm³/mol. The number of halogens is 2. The Labute approximate surface area is 206 Å². The van der Waals surface area contributed by atoms with Gasteiger partial charge in [-0.2, -0.15) is 0 Å². The molecule has 8 heteroatoms. The van der Waals surface area contributed by atoms with E-state index in [0.717, 1.165) is 29.7 Å². The number of piperidine rings is 1. The number of benzene rings is 1. The van der Waals surface area contributed by atoms with E-state index in [2.05, 4.69) is 25.3 Å². The zero-order valence-corrected chi connectivity index (χ0v) is 21.3. The lowest BCUT2D eigenvalue weighted by atomic mass is 9.86. The fourth-order valence-electron chi connectivity index (χ4n) is 5.36. The van der Waals surface area contributed by atoms with Crippen LogP contribution in [0.2, 0.25) is 0 Å². The van der Waals surface area contributed by atoms with Crippen molar-refractivity contribution >= 4 is 22.9 Å². The van der Waals surface area contributed by atoms with Crippen molar-refractivity contribution < 1.29 is 23.1 Å². The number of rotatable bonds is 5. The number of hydrogen-bond acceptors (Lipinski definition) is 4. The molecule has 1 amide bonds. The molecule has 1 aliphatic heterocycles. The molecule has 192 valence electrons. The lowest BCUT2D eigenvalue weighted by molar-refractivity contribution is -0.149. The average Bonchev–Trinajstić information content (AvgIpc) is 3.18. The quantitative estimate of drug-likeness (QED) is 0.515. The second-order valence-corrected chi connectivity index (χ2v) is 11.1. The van der Waals surface area contributed by atoms with Crippen LogP contribution in [0.15, 0.2) is 18.2 Å². The number of carbonyl (C=O) groups excluding carboxylic acids is 2. The van der Waals surface area contributed by atoms with Gasteiger partial charge >= 0.3 is 5.97 Å². The van der Waals surface area contributed by atoms with Crippen molar-refractivity contribution in [3.63, 3.8) is 0 Å². The van der Waals surface area contributed by atoms with Gasteiger partial charge in [-0.05, 0) is 56.7 Å². The second-order valence-electron chi connectivity index (χ2n) is 11.1. The highest BCUT2D eigenvalue weighted by molar-refractivity contribution is 5.97. The van der Waals surface area contributed by atoms with Crippen molar-refractivity contribution in [2.75, 3.05) is 19.7 Å². The van der Waals surface area contributed by atoms with Gasteiger partial charge in [-0.25, -0.2) is 13.8 Å². The summed E-state index contributed by atoms with van der Waals surface area (Å²) in [5.41, 5.74) is 1.97. The van der Waals surface area contributed by atoms with Crippen LogP contribution in [0.25, 0.3) is 11.0 Å². The number of carbonyl (C=O) groups is 2. The molecule has 0 N–H and O–H groups in total. The minimum absolute atomic E-state index is 0.0591. The van der Waals surface area contributed by atoms with E-state index in [4.69, 9.17) is 9.72 Å². The zero-order chi connectivity index (χ0) is 25.4. The van der Waals surface area contributed by atoms with Gasteiger partial charge in [0.2, 0.25) is 5.92 Å². The smallest absolute Gasteiger partial charge is 0.310 e. The van der Waals surface area contributed by atoms with Crippen LogP contribution in [-0.4, -0.2) is 51.9 Å². The molecule has 0 spiro atoms. The lowest BCUT2D eigenvalue weighted by Gasteiger charge is -2.31. The Kier molecular flexibility index (Phi) is 7.21. The Bertz CT molecular complexity index is 1080. The van der Waals surface area contributed by atoms with Gasteiger partial charge in [0, 0.05) is 43.5 Å². The molecule has 2 heterocycles. The molecule has 1 saturated heterocycles. The molecule has 2 aliphatic rings. The first kappa shape index (κ1) is 25.6. The second kappa shape index (κ2) is 9.86. The molecule has 1 atom stereocenters. The fourth-order valence-corrected chi connectivity index (χ4v) is 5.36. The number of alkyl halides is 2. The number of hydrogen-bond donors (Lipinski definition) is 0. The number of amides is 1. The van der Waals surface area contributed by atoms with Crippen molar-refractivity contribution in [2.24, 2.45) is 11.8 Å². The summed E-state index contributed by atoms with van der Waals surface area (Å²) >= 11 is 0. The van der Waals surface area contributed by atoms with Gasteiger partial charge in [0.25, 0.3) is 5.91 Å². The topological polar surface area (TPSA) is 64.4 Å². The molecule has 2 aromatic rings. The molecule has 1 aromatic heterocycles. The molecule has 0 bridgehead atoms. The average molecular weight is 490 g/mol. The standard InChI is InChI=1S/C27H37F2N3O3/c1-5-35-24(34)20-7-6-14-31(17-20)23(33)19-8-9-22-21(15-19)30-25(26(2,3)4)32(22)16-18-10-12-27(28,29)13-11-18/h8-9,15,18,20H,5-7,10-14,16-17H2,1-4H3. The van der Waals surface area contributed by atoms with Crippen LogP contribution >= 0.6 is 0 Å². The third kappa shape index (κ3) is 5.67. The van der Waals surface area contributed by atoms with Gasteiger partial charge in [0.1, 0.15) is 5.82 Å². The van der Waals surface area contributed by atoms with Crippen molar-refractivity contribution in [3.05, 3.63) is 29.6 Å². The molecular weight excluding hydrogens is 452 g/mol. The number of fused-ring (bicyclic) bond motifs is 1. The van der Waals surface area contributed by atoms with E-state index in [9.17, 15) is 18.4 Å². The molecule has 0 radical (unpaired) electrons. The molecule has 1 aromatic carbocycles. The first-order valence-corrected chi connectivity index (χ1v) is 12.8. The Morgan fingerprint density at radius 3 is 2.54 bits per heavy atom. The molecule has 1 saturated carbocycles. The predicted octanol–water partition coefficient (Wildman–Crippen LogP) is 5.57. The highest BCUT2D eigenvalue weighted by Crippen LogP contribution is 2.38. The van der Waals surface area contributed by atoms with Crippen LogP contribution < -0.4 is 0 Å². The van der Waals surface area contributed by atoms with Crippen LogP contribution in [0.1, 0.15) is 82.4 Å². The van der Waals surface area contributed by atoms with Crippen molar-refractivity contribution in [1.82, 2.24) is 14.5 Å². The largest absolute Gasteiger partial charge is 0.466 e.